The highest BCUT2D eigenvalue weighted by atomic mass is 16.2. The number of amides is 2. The zero-order valence-corrected chi connectivity index (χ0v) is 8.75. The summed E-state index contributed by atoms with van der Waals surface area (Å²) in [5, 5.41) is 2.70. The highest BCUT2D eigenvalue weighted by Crippen LogP contribution is 2.43. The van der Waals surface area contributed by atoms with Gasteiger partial charge in [-0.15, -0.1) is 0 Å². The predicted molar refractivity (Wildman–Crippen MR) is 55.1 cm³/mol. The molecule has 1 atom stereocenters. The molecule has 5 nitrogen and oxygen atoms in total. The largest absolute Gasteiger partial charge is 0.330 e. The van der Waals surface area contributed by atoms with Gasteiger partial charge in [-0.05, 0) is 12.8 Å². The standard InChI is InChI=1S/C10H15N3O2/c1-6(5-11)7-12-8(14)10(3-2-4-10)9(15)13-7/h6H,2-5,11H2,1H3,(H,12,13,14,15). The molecule has 0 bridgehead atoms. The summed E-state index contributed by atoms with van der Waals surface area (Å²) >= 11 is 0. The third-order valence-electron chi connectivity index (χ3n) is 3.34. The molecule has 2 rings (SSSR count). The van der Waals surface area contributed by atoms with Crippen LogP contribution in [0, 0.1) is 11.3 Å². The summed E-state index contributed by atoms with van der Waals surface area (Å²) in [6.45, 7) is 2.21. The lowest BCUT2D eigenvalue weighted by molar-refractivity contribution is -0.147. The molecular weight excluding hydrogens is 194 g/mol. The summed E-state index contributed by atoms with van der Waals surface area (Å²) in [4.78, 5) is 27.5. The van der Waals surface area contributed by atoms with Gasteiger partial charge < -0.3 is 11.1 Å². The van der Waals surface area contributed by atoms with Crippen molar-refractivity contribution in [3.05, 3.63) is 0 Å². The average Bonchev–Trinajstić information content (AvgIpc) is 2.13. The maximum atomic E-state index is 11.8. The molecule has 82 valence electrons. The van der Waals surface area contributed by atoms with Gasteiger partial charge >= 0.3 is 0 Å². The minimum atomic E-state index is -0.835. The van der Waals surface area contributed by atoms with Crippen LogP contribution in [0.2, 0.25) is 0 Å². The van der Waals surface area contributed by atoms with Gasteiger partial charge in [0.2, 0.25) is 5.91 Å². The number of carbonyl (C=O) groups is 2. The molecule has 3 N–H and O–H groups in total. The Balaban J connectivity index is 2.25. The van der Waals surface area contributed by atoms with E-state index >= 15 is 0 Å². The number of nitrogens with one attached hydrogen (secondary N) is 1. The summed E-state index contributed by atoms with van der Waals surface area (Å²) < 4.78 is 0. The Morgan fingerprint density at radius 2 is 2.20 bits per heavy atom. The highest BCUT2D eigenvalue weighted by molar-refractivity contribution is 6.19. The van der Waals surface area contributed by atoms with Crippen molar-refractivity contribution in [3.8, 4) is 0 Å². The first-order valence-electron chi connectivity index (χ1n) is 5.25. The van der Waals surface area contributed by atoms with Gasteiger partial charge in [0.15, 0.2) is 0 Å². The van der Waals surface area contributed by atoms with E-state index in [1.54, 1.807) is 0 Å². The number of amidine groups is 1. The van der Waals surface area contributed by atoms with Crippen LogP contribution in [0.25, 0.3) is 0 Å². The average molecular weight is 209 g/mol. The van der Waals surface area contributed by atoms with Crippen molar-refractivity contribution >= 4 is 17.6 Å². The second-order valence-corrected chi connectivity index (χ2v) is 4.33. The molecule has 1 aliphatic carbocycles. The number of rotatable bonds is 2. The van der Waals surface area contributed by atoms with Gasteiger partial charge in [-0.2, -0.15) is 4.99 Å². The first-order valence-corrected chi connectivity index (χ1v) is 5.25. The Labute approximate surface area is 88.1 Å². The van der Waals surface area contributed by atoms with Gasteiger partial charge in [0.25, 0.3) is 5.91 Å². The van der Waals surface area contributed by atoms with E-state index in [0.29, 0.717) is 25.2 Å². The molecule has 1 spiro atoms. The zero-order valence-electron chi connectivity index (χ0n) is 8.75. The summed E-state index contributed by atoms with van der Waals surface area (Å²) in [5.41, 5.74) is 4.63. The fourth-order valence-electron chi connectivity index (χ4n) is 1.89. The molecule has 2 amide bonds. The first kappa shape index (κ1) is 10.3. The molecule has 0 radical (unpaired) electrons. The summed E-state index contributed by atoms with van der Waals surface area (Å²) in [6, 6.07) is 0. The fourth-order valence-corrected chi connectivity index (χ4v) is 1.89. The molecule has 1 fully saturated rings. The van der Waals surface area contributed by atoms with Crippen molar-refractivity contribution in [1.82, 2.24) is 5.32 Å². The van der Waals surface area contributed by atoms with Gasteiger partial charge in [-0.25, -0.2) is 0 Å². The zero-order chi connectivity index (χ0) is 11.1. The van der Waals surface area contributed by atoms with Crippen LogP contribution in [0.4, 0.5) is 0 Å². The smallest absolute Gasteiger partial charge is 0.263 e. The van der Waals surface area contributed by atoms with Crippen LogP contribution in [0.5, 0.6) is 0 Å². The topological polar surface area (TPSA) is 84.5 Å². The van der Waals surface area contributed by atoms with Crippen molar-refractivity contribution in [2.75, 3.05) is 6.54 Å². The number of hydrogen-bond donors (Lipinski definition) is 2. The van der Waals surface area contributed by atoms with Crippen LogP contribution in [0.3, 0.4) is 0 Å². The van der Waals surface area contributed by atoms with Gasteiger partial charge in [0.1, 0.15) is 11.3 Å². The molecule has 5 heteroatoms. The van der Waals surface area contributed by atoms with E-state index < -0.39 is 5.41 Å². The third-order valence-corrected chi connectivity index (χ3v) is 3.34. The number of nitrogens with two attached hydrogens (primary N) is 1. The van der Waals surface area contributed by atoms with Crippen LogP contribution in [-0.2, 0) is 9.59 Å². The van der Waals surface area contributed by atoms with Crippen molar-refractivity contribution < 1.29 is 9.59 Å². The van der Waals surface area contributed by atoms with E-state index in [4.69, 9.17) is 5.73 Å². The second kappa shape index (κ2) is 3.41. The molecule has 15 heavy (non-hydrogen) atoms. The Hall–Kier alpha value is -1.23. The van der Waals surface area contributed by atoms with E-state index in [0.717, 1.165) is 6.42 Å². The van der Waals surface area contributed by atoms with Crippen molar-refractivity contribution in [2.45, 2.75) is 26.2 Å². The third kappa shape index (κ3) is 1.38. The van der Waals surface area contributed by atoms with E-state index in [1.165, 1.54) is 0 Å². The normalized spacial score (nSPS) is 25.6. The second-order valence-electron chi connectivity index (χ2n) is 4.33. The van der Waals surface area contributed by atoms with Crippen LogP contribution in [0.1, 0.15) is 26.2 Å². The maximum absolute atomic E-state index is 11.8. The van der Waals surface area contributed by atoms with Gasteiger partial charge in [-0.1, -0.05) is 13.3 Å². The Kier molecular flexibility index (Phi) is 2.34. The Bertz CT molecular complexity index is 345. The highest BCUT2D eigenvalue weighted by Gasteiger charge is 2.53. The monoisotopic (exact) mass is 209 g/mol. The molecule has 0 saturated heterocycles. The molecule has 0 aromatic carbocycles. The lowest BCUT2D eigenvalue weighted by atomic mass is 9.66. The van der Waals surface area contributed by atoms with Crippen LogP contribution in [0.15, 0.2) is 4.99 Å². The van der Waals surface area contributed by atoms with Crippen molar-refractivity contribution in [2.24, 2.45) is 22.1 Å². The maximum Gasteiger partial charge on any atom is 0.263 e. The lowest BCUT2D eigenvalue weighted by Crippen LogP contribution is -2.57. The summed E-state index contributed by atoms with van der Waals surface area (Å²) in [6.07, 6.45) is 2.19. The van der Waals surface area contributed by atoms with E-state index in [2.05, 4.69) is 10.3 Å². The van der Waals surface area contributed by atoms with Gasteiger partial charge in [-0.3, -0.25) is 9.59 Å². The molecule has 2 aliphatic rings. The first-order chi connectivity index (χ1) is 7.10. The van der Waals surface area contributed by atoms with Crippen LogP contribution < -0.4 is 11.1 Å². The van der Waals surface area contributed by atoms with E-state index in [9.17, 15) is 9.59 Å². The lowest BCUT2D eigenvalue weighted by Gasteiger charge is -2.40. The van der Waals surface area contributed by atoms with E-state index in [1.807, 2.05) is 6.92 Å². The summed E-state index contributed by atoms with van der Waals surface area (Å²) in [5.74, 6) is -0.128. The SMILES string of the molecule is CC(CN)C1=NC(=O)C2(CCC2)C(=O)N1. The Morgan fingerprint density at radius 1 is 1.53 bits per heavy atom. The van der Waals surface area contributed by atoms with Crippen molar-refractivity contribution in [1.29, 1.82) is 0 Å². The van der Waals surface area contributed by atoms with Crippen LogP contribution >= 0.6 is 0 Å². The van der Waals surface area contributed by atoms with Gasteiger partial charge in [0.05, 0.1) is 0 Å². The van der Waals surface area contributed by atoms with E-state index in [-0.39, 0.29) is 17.7 Å². The molecule has 1 heterocycles. The minimum Gasteiger partial charge on any atom is -0.330 e. The summed E-state index contributed by atoms with van der Waals surface area (Å²) in [7, 11) is 0. The minimum absolute atomic E-state index is 0.0738. The number of hydrogen-bond acceptors (Lipinski definition) is 3. The predicted octanol–water partition coefficient (Wildman–Crippen LogP) is -0.194. The molecule has 0 aromatic heterocycles. The Morgan fingerprint density at radius 3 is 2.60 bits per heavy atom. The molecule has 1 unspecified atom stereocenters. The van der Waals surface area contributed by atoms with Crippen molar-refractivity contribution in [3.63, 3.8) is 0 Å². The van der Waals surface area contributed by atoms with Gasteiger partial charge in [0, 0.05) is 12.5 Å². The molecular formula is C10H15N3O2. The number of carbonyl (C=O) groups excluding carboxylic acids is 2. The quantitative estimate of drug-likeness (QED) is 0.618. The molecule has 1 aliphatic heterocycles. The molecule has 0 aromatic rings. The number of aliphatic imine (C=N–C) groups is 1. The molecule has 1 saturated carbocycles. The number of nitrogens with zero attached hydrogens (tertiary/aromatic N) is 1. The fraction of sp³-hybridized carbons (Fsp3) is 0.700. The van der Waals surface area contributed by atoms with Crippen LogP contribution in [-0.4, -0.2) is 24.2 Å².